The molecule has 1 aromatic heterocycles. The fraction of sp³-hybridized carbons (Fsp3) is 0.100. The Kier molecular flexibility index (Phi) is 5.03. The van der Waals surface area contributed by atoms with Crippen LogP contribution < -0.4 is 31.3 Å². The normalized spacial score (nSPS) is 12.2. The topological polar surface area (TPSA) is 84.2 Å². The van der Waals surface area contributed by atoms with E-state index in [1.54, 1.807) is 37.5 Å². The van der Waals surface area contributed by atoms with E-state index in [0.29, 0.717) is 17.1 Å². The molecule has 0 saturated heterocycles. The van der Waals surface area contributed by atoms with Crippen LogP contribution in [0, 0.1) is 0 Å². The summed E-state index contributed by atoms with van der Waals surface area (Å²) in [5.74, 6) is 1.12. The summed E-state index contributed by atoms with van der Waals surface area (Å²) < 4.78 is 10.4. The first kappa shape index (κ1) is 17.3. The van der Waals surface area contributed by atoms with Crippen molar-refractivity contribution in [1.29, 1.82) is 0 Å². The Balaban J connectivity index is 2.09. The third-order valence-corrected chi connectivity index (χ3v) is 3.81. The van der Waals surface area contributed by atoms with E-state index >= 15 is 0 Å². The first-order valence-electron chi connectivity index (χ1n) is 7.94. The maximum absolute atomic E-state index is 12.3. The van der Waals surface area contributed by atoms with Crippen LogP contribution in [0.15, 0.2) is 58.1 Å². The highest BCUT2D eigenvalue weighted by atomic mass is 16.5. The van der Waals surface area contributed by atoms with E-state index in [9.17, 15) is 9.59 Å². The van der Waals surface area contributed by atoms with Gasteiger partial charge in [-0.05, 0) is 35.4 Å². The third kappa shape index (κ3) is 3.75. The van der Waals surface area contributed by atoms with Gasteiger partial charge < -0.3 is 19.4 Å². The maximum Gasteiger partial charge on any atom is 0.272 e. The van der Waals surface area contributed by atoms with Gasteiger partial charge in [0.2, 0.25) is 0 Å². The van der Waals surface area contributed by atoms with Crippen molar-refractivity contribution < 1.29 is 9.47 Å². The van der Waals surface area contributed by atoms with Gasteiger partial charge in [-0.15, -0.1) is 0 Å². The molecule has 0 unspecified atom stereocenters. The number of hydrogen-bond acceptors (Lipinski definition) is 4. The zero-order valence-electron chi connectivity index (χ0n) is 14.4. The minimum atomic E-state index is -0.387. The summed E-state index contributed by atoms with van der Waals surface area (Å²) in [5, 5.41) is 0.359. The van der Waals surface area contributed by atoms with E-state index in [1.165, 1.54) is 7.11 Å². The summed E-state index contributed by atoms with van der Waals surface area (Å²) in [6.45, 7) is 0. The predicted octanol–water partition coefficient (Wildman–Crippen LogP) is 0.738. The smallest absolute Gasteiger partial charge is 0.272 e. The van der Waals surface area contributed by atoms with Crippen molar-refractivity contribution in [2.75, 3.05) is 14.2 Å². The molecule has 0 spiro atoms. The SMILES string of the molecule is COc1ccc(/C=c2\[nH]c(=O)/c(=C/c3ccccc3)[nH]c2=O)cc1OC. The molecular formula is C20H18N2O4. The first-order chi connectivity index (χ1) is 12.6. The summed E-state index contributed by atoms with van der Waals surface area (Å²) >= 11 is 0. The molecule has 0 aliphatic heterocycles. The monoisotopic (exact) mass is 350 g/mol. The van der Waals surface area contributed by atoms with E-state index in [0.717, 1.165) is 5.56 Å². The lowest BCUT2D eigenvalue weighted by Gasteiger charge is -2.07. The Hall–Kier alpha value is -3.54. The number of H-pyrrole nitrogens is 2. The molecule has 3 aromatic rings. The van der Waals surface area contributed by atoms with Crippen molar-refractivity contribution in [1.82, 2.24) is 9.97 Å². The Labute approximate surface area is 149 Å². The average molecular weight is 350 g/mol. The number of aromatic amines is 2. The molecule has 132 valence electrons. The molecule has 6 heteroatoms. The standard InChI is InChI=1S/C20H18N2O4/c1-25-17-9-8-14(12-18(17)26-2)11-16-20(24)21-15(19(23)22-16)10-13-6-4-3-5-7-13/h3-12H,1-2H3,(H,21,24)(H,22,23)/b15-10-,16-11-. The largest absolute Gasteiger partial charge is 0.493 e. The van der Waals surface area contributed by atoms with Crippen LogP contribution in [0.3, 0.4) is 0 Å². The molecule has 0 aliphatic carbocycles. The molecule has 2 aromatic carbocycles. The molecule has 0 radical (unpaired) electrons. The number of nitrogens with one attached hydrogen (secondary N) is 2. The van der Waals surface area contributed by atoms with Gasteiger partial charge in [0, 0.05) is 0 Å². The second kappa shape index (κ2) is 7.57. The van der Waals surface area contributed by atoms with E-state index in [-0.39, 0.29) is 21.8 Å². The number of rotatable bonds is 4. The van der Waals surface area contributed by atoms with Gasteiger partial charge >= 0.3 is 0 Å². The number of aromatic nitrogens is 2. The molecule has 0 aliphatic rings. The molecule has 0 saturated carbocycles. The number of methoxy groups -OCH3 is 2. The summed E-state index contributed by atoms with van der Waals surface area (Å²) in [6, 6.07) is 14.5. The van der Waals surface area contributed by atoms with Crippen LogP contribution >= 0.6 is 0 Å². The average Bonchev–Trinajstić information content (AvgIpc) is 2.66. The first-order valence-corrected chi connectivity index (χ1v) is 7.94. The minimum Gasteiger partial charge on any atom is -0.493 e. The van der Waals surface area contributed by atoms with Crippen molar-refractivity contribution in [2.45, 2.75) is 0 Å². The maximum atomic E-state index is 12.3. The van der Waals surface area contributed by atoms with Gasteiger partial charge in [-0.3, -0.25) is 9.59 Å². The molecule has 1 heterocycles. The summed E-state index contributed by atoms with van der Waals surface area (Å²) in [7, 11) is 3.08. The molecule has 0 amide bonds. The van der Waals surface area contributed by atoms with Crippen LogP contribution in [0.4, 0.5) is 0 Å². The van der Waals surface area contributed by atoms with E-state index in [2.05, 4.69) is 9.97 Å². The second-order valence-corrected chi connectivity index (χ2v) is 5.55. The van der Waals surface area contributed by atoms with Gasteiger partial charge in [-0.25, -0.2) is 0 Å². The number of hydrogen-bond donors (Lipinski definition) is 2. The lowest BCUT2D eigenvalue weighted by molar-refractivity contribution is 0.355. The quantitative estimate of drug-likeness (QED) is 0.727. The Morgan fingerprint density at radius 3 is 1.88 bits per heavy atom. The van der Waals surface area contributed by atoms with Crippen LogP contribution in [0.5, 0.6) is 11.5 Å². The third-order valence-electron chi connectivity index (χ3n) is 3.81. The number of benzene rings is 2. The molecule has 3 rings (SSSR count). The summed E-state index contributed by atoms with van der Waals surface area (Å²) in [6.07, 6.45) is 3.20. The van der Waals surface area contributed by atoms with Gasteiger partial charge in [-0.1, -0.05) is 36.4 Å². The Morgan fingerprint density at radius 1 is 0.731 bits per heavy atom. The molecule has 0 atom stereocenters. The van der Waals surface area contributed by atoms with Gasteiger partial charge in [0.25, 0.3) is 11.1 Å². The zero-order chi connectivity index (χ0) is 18.5. The second-order valence-electron chi connectivity index (χ2n) is 5.55. The van der Waals surface area contributed by atoms with E-state index in [1.807, 2.05) is 30.3 Å². The van der Waals surface area contributed by atoms with E-state index in [4.69, 9.17) is 9.47 Å². The number of ether oxygens (including phenoxy) is 2. The Bertz CT molecular complexity index is 1140. The fourth-order valence-electron chi connectivity index (χ4n) is 2.52. The predicted molar refractivity (Wildman–Crippen MR) is 100 cm³/mol. The zero-order valence-corrected chi connectivity index (χ0v) is 14.4. The van der Waals surface area contributed by atoms with Crippen molar-refractivity contribution >= 4 is 12.2 Å². The lowest BCUT2D eigenvalue weighted by atomic mass is 10.2. The van der Waals surface area contributed by atoms with Crippen LogP contribution in [0.2, 0.25) is 0 Å². The molecular weight excluding hydrogens is 332 g/mol. The van der Waals surface area contributed by atoms with Crippen LogP contribution in [-0.4, -0.2) is 24.2 Å². The molecule has 0 bridgehead atoms. The Morgan fingerprint density at radius 2 is 1.31 bits per heavy atom. The van der Waals surface area contributed by atoms with Gasteiger partial charge in [0.15, 0.2) is 11.5 Å². The van der Waals surface area contributed by atoms with Crippen LogP contribution in [0.25, 0.3) is 12.2 Å². The van der Waals surface area contributed by atoms with Crippen molar-refractivity contribution in [3.8, 4) is 11.5 Å². The highest BCUT2D eigenvalue weighted by Crippen LogP contribution is 2.27. The van der Waals surface area contributed by atoms with Gasteiger partial charge in [0.05, 0.1) is 14.2 Å². The van der Waals surface area contributed by atoms with Crippen molar-refractivity contribution in [3.63, 3.8) is 0 Å². The fourth-order valence-corrected chi connectivity index (χ4v) is 2.52. The lowest BCUT2D eigenvalue weighted by Crippen LogP contribution is -2.46. The van der Waals surface area contributed by atoms with Crippen LogP contribution in [-0.2, 0) is 0 Å². The molecule has 2 N–H and O–H groups in total. The highest BCUT2D eigenvalue weighted by molar-refractivity contribution is 5.55. The van der Waals surface area contributed by atoms with E-state index < -0.39 is 0 Å². The van der Waals surface area contributed by atoms with Crippen LogP contribution in [0.1, 0.15) is 11.1 Å². The van der Waals surface area contributed by atoms with Crippen molar-refractivity contribution in [3.05, 3.63) is 91.1 Å². The highest BCUT2D eigenvalue weighted by Gasteiger charge is 2.03. The summed E-state index contributed by atoms with van der Waals surface area (Å²) in [5.41, 5.74) is 0.760. The van der Waals surface area contributed by atoms with Gasteiger partial charge in [-0.2, -0.15) is 0 Å². The van der Waals surface area contributed by atoms with Gasteiger partial charge in [0.1, 0.15) is 10.7 Å². The minimum absolute atomic E-state index is 0.160. The van der Waals surface area contributed by atoms with Crippen molar-refractivity contribution in [2.24, 2.45) is 0 Å². The molecule has 0 fully saturated rings. The molecule has 6 nitrogen and oxygen atoms in total. The molecule has 26 heavy (non-hydrogen) atoms. The summed E-state index contributed by atoms with van der Waals surface area (Å²) in [4.78, 5) is 29.9.